The SMILES string of the molecule is COC1CCCC(O)(C(C)C)C1. The molecule has 1 saturated carbocycles. The molecule has 0 aromatic rings. The molecular weight excluding hydrogens is 152 g/mol. The van der Waals surface area contributed by atoms with Crippen molar-refractivity contribution in [2.45, 2.75) is 51.2 Å². The van der Waals surface area contributed by atoms with Gasteiger partial charge in [0.05, 0.1) is 11.7 Å². The monoisotopic (exact) mass is 172 g/mol. The van der Waals surface area contributed by atoms with Crippen molar-refractivity contribution >= 4 is 0 Å². The van der Waals surface area contributed by atoms with Crippen LogP contribution in [0.3, 0.4) is 0 Å². The topological polar surface area (TPSA) is 29.5 Å². The summed E-state index contributed by atoms with van der Waals surface area (Å²) in [5, 5.41) is 10.2. The quantitative estimate of drug-likeness (QED) is 0.690. The van der Waals surface area contributed by atoms with Gasteiger partial charge in [0, 0.05) is 13.5 Å². The molecule has 0 aliphatic heterocycles. The predicted octanol–water partition coefficient (Wildman–Crippen LogP) is 1.96. The van der Waals surface area contributed by atoms with Gasteiger partial charge < -0.3 is 9.84 Å². The molecule has 0 spiro atoms. The molecule has 0 aromatic carbocycles. The van der Waals surface area contributed by atoms with Crippen LogP contribution in [-0.4, -0.2) is 23.9 Å². The molecule has 0 amide bonds. The van der Waals surface area contributed by atoms with E-state index in [9.17, 15) is 5.11 Å². The van der Waals surface area contributed by atoms with Crippen LogP contribution in [0.4, 0.5) is 0 Å². The highest BCUT2D eigenvalue weighted by Crippen LogP contribution is 2.35. The molecule has 0 radical (unpaired) electrons. The van der Waals surface area contributed by atoms with E-state index in [0.717, 1.165) is 25.7 Å². The number of hydrogen-bond donors (Lipinski definition) is 1. The first-order valence-corrected chi connectivity index (χ1v) is 4.83. The first-order chi connectivity index (χ1) is 5.58. The van der Waals surface area contributed by atoms with Crippen molar-refractivity contribution in [1.82, 2.24) is 0 Å². The van der Waals surface area contributed by atoms with E-state index in [2.05, 4.69) is 13.8 Å². The molecule has 1 aliphatic carbocycles. The van der Waals surface area contributed by atoms with Crippen molar-refractivity contribution in [3.8, 4) is 0 Å². The average molecular weight is 172 g/mol. The minimum absolute atomic E-state index is 0.270. The molecule has 12 heavy (non-hydrogen) atoms. The highest BCUT2D eigenvalue weighted by molar-refractivity contribution is 4.89. The van der Waals surface area contributed by atoms with Crippen molar-refractivity contribution in [2.24, 2.45) is 5.92 Å². The fourth-order valence-corrected chi connectivity index (χ4v) is 1.96. The second-order valence-corrected chi connectivity index (χ2v) is 4.21. The third kappa shape index (κ3) is 1.99. The maximum atomic E-state index is 10.2. The van der Waals surface area contributed by atoms with Gasteiger partial charge in [-0.1, -0.05) is 13.8 Å². The molecule has 0 heterocycles. The number of methoxy groups -OCH3 is 1. The minimum Gasteiger partial charge on any atom is -0.390 e. The fourth-order valence-electron chi connectivity index (χ4n) is 1.96. The van der Waals surface area contributed by atoms with Crippen LogP contribution in [0, 0.1) is 5.92 Å². The van der Waals surface area contributed by atoms with Gasteiger partial charge >= 0.3 is 0 Å². The van der Waals surface area contributed by atoms with Crippen LogP contribution in [0.5, 0.6) is 0 Å². The first-order valence-electron chi connectivity index (χ1n) is 4.83. The van der Waals surface area contributed by atoms with Crippen LogP contribution in [0.2, 0.25) is 0 Å². The van der Waals surface area contributed by atoms with E-state index in [1.165, 1.54) is 0 Å². The molecule has 0 bridgehead atoms. The zero-order chi connectivity index (χ0) is 9.19. The standard InChI is InChI=1S/C10H20O2/c1-8(2)10(11)6-4-5-9(7-10)12-3/h8-9,11H,4-7H2,1-3H3. The Labute approximate surface area is 74.9 Å². The highest BCUT2D eigenvalue weighted by atomic mass is 16.5. The second kappa shape index (κ2) is 3.75. The van der Waals surface area contributed by atoms with Crippen LogP contribution in [-0.2, 0) is 4.74 Å². The Morgan fingerprint density at radius 3 is 2.67 bits per heavy atom. The van der Waals surface area contributed by atoms with Crippen LogP contribution in [0.1, 0.15) is 39.5 Å². The summed E-state index contributed by atoms with van der Waals surface area (Å²) < 4.78 is 5.28. The molecule has 1 N–H and O–H groups in total. The average Bonchev–Trinajstić information content (AvgIpc) is 2.04. The van der Waals surface area contributed by atoms with Crippen LogP contribution in [0.15, 0.2) is 0 Å². The molecule has 0 aromatic heterocycles. The summed E-state index contributed by atoms with van der Waals surface area (Å²) in [5.74, 6) is 0.343. The lowest BCUT2D eigenvalue weighted by molar-refractivity contribution is -0.0858. The summed E-state index contributed by atoms with van der Waals surface area (Å²) in [6, 6.07) is 0. The van der Waals surface area contributed by atoms with Gasteiger partial charge in [-0.2, -0.15) is 0 Å². The minimum atomic E-state index is -0.473. The lowest BCUT2D eigenvalue weighted by Gasteiger charge is -2.39. The molecule has 1 fully saturated rings. The van der Waals surface area contributed by atoms with E-state index >= 15 is 0 Å². The fraction of sp³-hybridized carbons (Fsp3) is 1.00. The Bertz CT molecular complexity index is 145. The highest BCUT2D eigenvalue weighted by Gasteiger charge is 2.36. The Hall–Kier alpha value is -0.0800. The van der Waals surface area contributed by atoms with Gasteiger partial charge in [0.1, 0.15) is 0 Å². The molecule has 0 saturated heterocycles. The van der Waals surface area contributed by atoms with E-state index < -0.39 is 5.60 Å². The van der Waals surface area contributed by atoms with Crippen molar-refractivity contribution < 1.29 is 9.84 Å². The smallest absolute Gasteiger partial charge is 0.0695 e. The largest absolute Gasteiger partial charge is 0.390 e. The van der Waals surface area contributed by atoms with Crippen molar-refractivity contribution in [3.05, 3.63) is 0 Å². The third-order valence-electron chi connectivity index (χ3n) is 3.12. The van der Waals surface area contributed by atoms with E-state index in [0.29, 0.717) is 5.92 Å². The maximum Gasteiger partial charge on any atom is 0.0695 e. The van der Waals surface area contributed by atoms with E-state index in [1.54, 1.807) is 7.11 Å². The molecule has 2 heteroatoms. The van der Waals surface area contributed by atoms with Gasteiger partial charge in [0.25, 0.3) is 0 Å². The van der Waals surface area contributed by atoms with Gasteiger partial charge in [0.2, 0.25) is 0 Å². The summed E-state index contributed by atoms with van der Waals surface area (Å²) in [6.07, 6.45) is 4.20. The number of ether oxygens (including phenoxy) is 1. The molecule has 1 rings (SSSR count). The van der Waals surface area contributed by atoms with Gasteiger partial charge in [-0.15, -0.1) is 0 Å². The lowest BCUT2D eigenvalue weighted by atomic mass is 9.76. The second-order valence-electron chi connectivity index (χ2n) is 4.21. The third-order valence-corrected chi connectivity index (χ3v) is 3.12. The normalized spacial score (nSPS) is 37.2. The Balaban J connectivity index is 2.54. The van der Waals surface area contributed by atoms with E-state index in [4.69, 9.17) is 4.74 Å². The van der Waals surface area contributed by atoms with Gasteiger partial charge in [-0.3, -0.25) is 0 Å². The summed E-state index contributed by atoms with van der Waals surface area (Å²) in [6.45, 7) is 4.16. The zero-order valence-electron chi connectivity index (χ0n) is 8.34. The molecular formula is C10H20O2. The van der Waals surface area contributed by atoms with Crippen LogP contribution in [0.25, 0.3) is 0 Å². The molecule has 2 nitrogen and oxygen atoms in total. The number of rotatable bonds is 2. The molecule has 72 valence electrons. The Kier molecular flexibility index (Phi) is 3.13. The summed E-state index contributed by atoms with van der Waals surface area (Å²) in [5.41, 5.74) is -0.473. The molecule has 2 atom stereocenters. The van der Waals surface area contributed by atoms with E-state index in [1.807, 2.05) is 0 Å². The Morgan fingerprint density at radius 1 is 1.50 bits per heavy atom. The van der Waals surface area contributed by atoms with Crippen LogP contribution < -0.4 is 0 Å². The predicted molar refractivity (Wildman–Crippen MR) is 49.1 cm³/mol. The maximum absolute atomic E-state index is 10.2. The summed E-state index contributed by atoms with van der Waals surface area (Å²) in [4.78, 5) is 0. The van der Waals surface area contributed by atoms with Crippen molar-refractivity contribution in [1.29, 1.82) is 0 Å². The lowest BCUT2D eigenvalue weighted by Crippen LogP contribution is -2.42. The Morgan fingerprint density at radius 2 is 2.17 bits per heavy atom. The van der Waals surface area contributed by atoms with Gasteiger partial charge in [0.15, 0.2) is 0 Å². The first kappa shape index (κ1) is 10.0. The molecule has 2 unspecified atom stereocenters. The number of hydrogen-bond acceptors (Lipinski definition) is 2. The summed E-state index contributed by atoms with van der Waals surface area (Å²) >= 11 is 0. The van der Waals surface area contributed by atoms with Gasteiger partial charge in [-0.25, -0.2) is 0 Å². The van der Waals surface area contributed by atoms with E-state index in [-0.39, 0.29) is 6.10 Å². The zero-order valence-corrected chi connectivity index (χ0v) is 8.34. The van der Waals surface area contributed by atoms with Crippen molar-refractivity contribution in [2.75, 3.05) is 7.11 Å². The van der Waals surface area contributed by atoms with Crippen LogP contribution >= 0.6 is 0 Å². The number of aliphatic hydroxyl groups is 1. The summed E-state index contributed by atoms with van der Waals surface area (Å²) in [7, 11) is 1.73. The van der Waals surface area contributed by atoms with Crippen molar-refractivity contribution in [3.63, 3.8) is 0 Å². The molecule has 1 aliphatic rings. The van der Waals surface area contributed by atoms with Gasteiger partial charge in [-0.05, 0) is 25.2 Å².